The lowest BCUT2D eigenvalue weighted by molar-refractivity contribution is -0.115. The van der Waals surface area contributed by atoms with E-state index in [1.165, 1.54) is 12.1 Å². The molecule has 0 bridgehead atoms. The van der Waals surface area contributed by atoms with E-state index in [4.69, 9.17) is 9.47 Å². The van der Waals surface area contributed by atoms with Crippen molar-refractivity contribution in [1.82, 2.24) is 5.32 Å². The zero-order valence-electron chi connectivity index (χ0n) is 13.2. The molecule has 2 aromatic rings. The van der Waals surface area contributed by atoms with Gasteiger partial charge in [-0.15, -0.1) is 0 Å². The van der Waals surface area contributed by atoms with Crippen LogP contribution in [-0.2, 0) is 4.79 Å². The summed E-state index contributed by atoms with van der Waals surface area (Å²) in [4.78, 5) is 16.4. The number of ether oxygens (including phenoxy) is 2. The van der Waals surface area contributed by atoms with Crippen molar-refractivity contribution in [1.29, 1.82) is 0 Å². The number of hydrogen-bond donors (Lipinski definition) is 1. The quantitative estimate of drug-likeness (QED) is 0.879. The van der Waals surface area contributed by atoms with Gasteiger partial charge in [-0.25, -0.2) is 9.38 Å². The molecule has 1 amide bonds. The maximum absolute atomic E-state index is 13.0. The smallest absolute Gasteiger partial charge is 0.275 e. The van der Waals surface area contributed by atoms with E-state index in [0.29, 0.717) is 28.5 Å². The van der Waals surface area contributed by atoms with Gasteiger partial charge in [-0.3, -0.25) is 4.79 Å². The van der Waals surface area contributed by atoms with Crippen molar-refractivity contribution in [3.63, 3.8) is 0 Å². The van der Waals surface area contributed by atoms with E-state index in [0.717, 1.165) is 0 Å². The number of carbonyl (C=O) groups excluding carboxylic acids is 1. The first kappa shape index (κ1) is 15.7. The van der Waals surface area contributed by atoms with Gasteiger partial charge in [0.1, 0.15) is 28.8 Å². The normalized spacial score (nSPS) is 15.2. The lowest BCUT2D eigenvalue weighted by Gasteiger charge is -2.07. The molecule has 0 saturated carbocycles. The zero-order chi connectivity index (χ0) is 17.1. The molecule has 24 heavy (non-hydrogen) atoms. The highest BCUT2D eigenvalue weighted by atomic mass is 19.1. The highest BCUT2D eigenvalue weighted by molar-refractivity contribution is 6.19. The average molecular weight is 326 g/mol. The summed E-state index contributed by atoms with van der Waals surface area (Å²) in [5.74, 6) is 0.943. The Labute approximate surface area is 138 Å². The maximum Gasteiger partial charge on any atom is 0.275 e. The molecule has 0 atom stereocenters. The van der Waals surface area contributed by atoms with Crippen molar-refractivity contribution in [2.24, 2.45) is 4.99 Å². The second kappa shape index (κ2) is 6.54. The van der Waals surface area contributed by atoms with Gasteiger partial charge in [-0.05, 0) is 48.5 Å². The van der Waals surface area contributed by atoms with E-state index in [1.54, 1.807) is 50.6 Å². The highest BCUT2D eigenvalue weighted by Gasteiger charge is 2.21. The van der Waals surface area contributed by atoms with E-state index in [-0.39, 0.29) is 17.4 Å². The van der Waals surface area contributed by atoms with Crippen molar-refractivity contribution >= 4 is 17.8 Å². The number of hydrogen-bond acceptors (Lipinski definition) is 4. The number of rotatable bonds is 4. The highest BCUT2D eigenvalue weighted by Crippen LogP contribution is 2.27. The van der Waals surface area contributed by atoms with Crippen LogP contribution in [0, 0.1) is 5.82 Å². The predicted octanol–water partition coefficient (Wildman–Crippen LogP) is 2.76. The molecule has 0 saturated heterocycles. The van der Waals surface area contributed by atoms with Gasteiger partial charge in [-0.2, -0.15) is 0 Å². The van der Waals surface area contributed by atoms with Gasteiger partial charge in [0.05, 0.1) is 14.2 Å². The van der Waals surface area contributed by atoms with E-state index < -0.39 is 0 Å². The Morgan fingerprint density at radius 3 is 2.50 bits per heavy atom. The van der Waals surface area contributed by atoms with E-state index in [1.807, 2.05) is 0 Å². The molecule has 5 nitrogen and oxygen atoms in total. The van der Waals surface area contributed by atoms with Crippen molar-refractivity contribution in [3.05, 3.63) is 65.1 Å². The molecule has 0 aliphatic carbocycles. The molecule has 0 spiro atoms. The van der Waals surface area contributed by atoms with E-state index in [2.05, 4.69) is 10.3 Å². The van der Waals surface area contributed by atoms with Gasteiger partial charge >= 0.3 is 0 Å². The number of nitrogens with one attached hydrogen (secondary N) is 1. The first-order valence-electron chi connectivity index (χ1n) is 7.20. The Morgan fingerprint density at radius 1 is 1.08 bits per heavy atom. The minimum atomic E-state index is -0.347. The summed E-state index contributed by atoms with van der Waals surface area (Å²) in [5, 5.41) is 2.67. The monoisotopic (exact) mass is 326 g/mol. The van der Waals surface area contributed by atoms with Crippen LogP contribution in [0.25, 0.3) is 6.08 Å². The maximum atomic E-state index is 13.0. The average Bonchev–Trinajstić information content (AvgIpc) is 2.96. The fourth-order valence-corrected chi connectivity index (χ4v) is 2.31. The number of halogens is 1. The molecular formula is C18H15FN2O3. The Kier molecular flexibility index (Phi) is 4.29. The summed E-state index contributed by atoms with van der Waals surface area (Å²) in [6.45, 7) is 0. The third-order valence-corrected chi connectivity index (χ3v) is 3.54. The topological polar surface area (TPSA) is 59.9 Å². The van der Waals surface area contributed by atoms with Gasteiger partial charge in [0, 0.05) is 11.1 Å². The standard InChI is InChI=1S/C18H15FN2O3/c1-23-14-7-8-16(24-2)12(9-14)10-15-18(22)21-17(20-15)11-3-5-13(19)6-4-11/h3-10H,1-2H3,(H,20,21,22)/b15-10-. The van der Waals surface area contributed by atoms with Crippen LogP contribution in [0.3, 0.4) is 0 Å². The Balaban J connectivity index is 1.98. The van der Waals surface area contributed by atoms with Gasteiger partial charge in [0.2, 0.25) is 0 Å². The van der Waals surface area contributed by atoms with Crippen molar-refractivity contribution < 1.29 is 18.7 Å². The molecule has 1 heterocycles. The molecule has 2 aromatic carbocycles. The van der Waals surface area contributed by atoms with Crippen LogP contribution in [0.5, 0.6) is 11.5 Å². The summed E-state index contributed by atoms with van der Waals surface area (Å²) >= 11 is 0. The minimum Gasteiger partial charge on any atom is -0.497 e. The molecule has 1 aliphatic heterocycles. The molecule has 0 fully saturated rings. The number of aliphatic imine (C=N–C) groups is 1. The summed E-state index contributed by atoms with van der Waals surface area (Å²) in [6, 6.07) is 11.0. The SMILES string of the molecule is COc1ccc(OC)c(/C=C2\N=C(c3ccc(F)cc3)NC2=O)c1. The summed E-state index contributed by atoms with van der Waals surface area (Å²) in [5.41, 5.74) is 1.54. The largest absolute Gasteiger partial charge is 0.497 e. The first-order valence-corrected chi connectivity index (χ1v) is 7.20. The van der Waals surface area contributed by atoms with Crippen LogP contribution in [0.4, 0.5) is 4.39 Å². The molecule has 0 unspecified atom stereocenters. The molecule has 0 aromatic heterocycles. The van der Waals surface area contributed by atoms with Gasteiger partial charge in [-0.1, -0.05) is 0 Å². The zero-order valence-corrected chi connectivity index (χ0v) is 13.2. The fraction of sp³-hybridized carbons (Fsp3) is 0.111. The lowest BCUT2D eigenvalue weighted by atomic mass is 10.1. The number of methoxy groups -OCH3 is 2. The molecule has 6 heteroatoms. The number of amides is 1. The third kappa shape index (κ3) is 3.12. The predicted molar refractivity (Wildman–Crippen MR) is 88.6 cm³/mol. The minimum absolute atomic E-state index is 0.237. The Hall–Kier alpha value is -3.15. The van der Waals surface area contributed by atoms with Crippen LogP contribution in [-0.4, -0.2) is 26.0 Å². The Morgan fingerprint density at radius 2 is 1.83 bits per heavy atom. The molecule has 1 aliphatic rings. The molecular weight excluding hydrogens is 311 g/mol. The number of carbonyl (C=O) groups is 1. The van der Waals surface area contributed by atoms with Crippen LogP contribution in [0.15, 0.2) is 53.2 Å². The van der Waals surface area contributed by atoms with Crippen molar-refractivity contribution in [3.8, 4) is 11.5 Å². The third-order valence-electron chi connectivity index (χ3n) is 3.54. The summed E-state index contributed by atoms with van der Waals surface area (Å²) < 4.78 is 23.5. The fourth-order valence-electron chi connectivity index (χ4n) is 2.31. The van der Waals surface area contributed by atoms with Crippen molar-refractivity contribution in [2.45, 2.75) is 0 Å². The lowest BCUT2D eigenvalue weighted by Crippen LogP contribution is -2.24. The molecule has 3 rings (SSSR count). The van der Waals surface area contributed by atoms with Gasteiger partial charge in [0.25, 0.3) is 5.91 Å². The van der Waals surface area contributed by atoms with E-state index >= 15 is 0 Å². The number of nitrogens with zero attached hydrogens (tertiary/aromatic N) is 1. The van der Waals surface area contributed by atoms with Crippen LogP contribution in [0.1, 0.15) is 11.1 Å². The molecule has 0 radical (unpaired) electrons. The van der Waals surface area contributed by atoms with Gasteiger partial charge < -0.3 is 14.8 Å². The molecule has 122 valence electrons. The van der Waals surface area contributed by atoms with Gasteiger partial charge in [0.15, 0.2) is 0 Å². The van der Waals surface area contributed by atoms with E-state index in [9.17, 15) is 9.18 Å². The van der Waals surface area contributed by atoms with Crippen LogP contribution >= 0.6 is 0 Å². The summed E-state index contributed by atoms with van der Waals surface area (Å²) in [6.07, 6.45) is 1.62. The second-order valence-electron chi connectivity index (χ2n) is 5.06. The number of amidine groups is 1. The van der Waals surface area contributed by atoms with Crippen LogP contribution < -0.4 is 14.8 Å². The summed E-state index contributed by atoms with van der Waals surface area (Å²) in [7, 11) is 3.11. The molecule has 1 N–H and O–H groups in total. The number of benzene rings is 2. The van der Waals surface area contributed by atoms with Crippen LogP contribution in [0.2, 0.25) is 0 Å². The second-order valence-corrected chi connectivity index (χ2v) is 5.06. The first-order chi connectivity index (χ1) is 11.6. The van der Waals surface area contributed by atoms with Crippen molar-refractivity contribution in [2.75, 3.05) is 14.2 Å². The Bertz CT molecular complexity index is 842.